The third-order valence-corrected chi connectivity index (χ3v) is 3.28. The molecule has 0 radical (unpaired) electrons. The summed E-state index contributed by atoms with van der Waals surface area (Å²) in [5.74, 6) is 0.952. The summed E-state index contributed by atoms with van der Waals surface area (Å²) < 4.78 is 7.22. The fourth-order valence-corrected chi connectivity index (χ4v) is 2.18. The highest BCUT2D eigenvalue weighted by Crippen LogP contribution is 2.26. The highest BCUT2D eigenvalue weighted by Gasteiger charge is 2.14. The highest BCUT2D eigenvalue weighted by atomic mass is 35.5. The second kappa shape index (κ2) is 6.77. The molecule has 0 spiro atoms. The topological polar surface area (TPSA) is 34.5 Å². The Labute approximate surface area is 125 Å². The predicted octanol–water partition coefficient (Wildman–Crippen LogP) is 2.74. The molecule has 0 aliphatic heterocycles. The standard InChI is InChI=1S/C15H20N2O2.ClH/c1-16(2)8-7-15(18)13-10-17(3)14-6-5-11(19-4)9-12(13)14;/h5-6,9-10H,7-8H2,1-4H3;1H. The van der Waals surface area contributed by atoms with Gasteiger partial charge < -0.3 is 14.2 Å². The number of benzene rings is 1. The lowest BCUT2D eigenvalue weighted by Crippen LogP contribution is -2.16. The molecule has 5 heteroatoms. The first kappa shape index (κ1) is 16.5. The van der Waals surface area contributed by atoms with Gasteiger partial charge in [0.15, 0.2) is 5.78 Å². The molecule has 0 aliphatic carbocycles. The molecule has 4 nitrogen and oxygen atoms in total. The molecule has 1 aromatic carbocycles. The summed E-state index contributed by atoms with van der Waals surface area (Å²) in [7, 11) is 7.54. The third kappa shape index (κ3) is 3.32. The zero-order valence-electron chi connectivity index (χ0n) is 12.3. The lowest BCUT2D eigenvalue weighted by Gasteiger charge is -2.07. The molecule has 2 rings (SSSR count). The van der Waals surface area contributed by atoms with Gasteiger partial charge in [-0.15, -0.1) is 12.4 Å². The first-order chi connectivity index (χ1) is 9.02. The van der Waals surface area contributed by atoms with Crippen molar-refractivity contribution in [3.63, 3.8) is 0 Å². The Hall–Kier alpha value is -1.52. The Bertz CT molecular complexity index is 605. The smallest absolute Gasteiger partial charge is 0.166 e. The fraction of sp³-hybridized carbons (Fsp3) is 0.400. The van der Waals surface area contributed by atoms with Crippen molar-refractivity contribution in [3.8, 4) is 5.75 Å². The van der Waals surface area contributed by atoms with Crippen molar-refractivity contribution in [2.75, 3.05) is 27.7 Å². The number of aryl methyl sites for hydroxylation is 1. The molecule has 0 aliphatic rings. The van der Waals surface area contributed by atoms with Crippen molar-refractivity contribution in [3.05, 3.63) is 30.0 Å². The van der Waals surface area contributed by atoms with Crippen LogP contribution < -0.4 is 4.74 Å². The number of hydrogen-bond donors (Lipinski definition) is 0. The number of carbonyl (C=O) groups excluding carboxylic acids is 1. The van der Waals surface area contributed by atoms with E-state index in [1.165, 1.54) is 0 Å². The summed E-state index contributed by atoms with van der Waals surface area (Å²) in [6.07, 6.45) is 2.44. The van der Waals surface area contributed by atoms with E-state index in [0.717, 1.165) is 28.8 Å². The van der Waals surface area contributed by atoms with Crippen LogP contribution in [-0.2, 0) is 7.05 Å². The van der Waals surface area contributed by atoms with E-state index in [1.54, 1.807) is 7.11 Å². The number of nitrogens with zero attached hydrogens (tertiary/aromatic N) is 2. The van der Waals surface area contributed by atoms with Crippen LogP contribution in [0.5, 0.6) is 5.75 Å². The summed E-state index contributed by atoms with van der Waals surface area (Å²) >= 11 is 0. The van der Waals surface area contributed by atoms with Crippen molar-refractivity contribution in [2.24, 2.45) is 7.05 Å². The van der Waals surface area contributed by atoms with Crippen molar-refractivity contribution < 1.29 is 9.53 Å². The Kier molecular flexibility index (Phi) is 5.60. The molecule has 0 bridgehead atoms. The van der Waals surface area contributed by atoms with Crippen molar-refractivity contribution in [1.82, 2.24) is 9.47 Å². The van der Waals surface area contributed by atoms with Gasteiger partial charge in [0.2, 0.25) is 0 Å². The molecule has 0 saturated heterocycles. The SMILES string of the molecule is COc1ccc2c(c1)c(C(=O)CCN(C)C)cn2C.Cl. The van der Waals surface area contributed by atoms with Crippen LogP contribution in [0, 0.1) is 0 Å². The van der Waals surface area contributed by atoms with Crippen LogP contribution in [0.4, 0.5) is 0 Å². The number of methoxy groups -OCH3 is 1. The van der Waals surface area contributed by atoms with Gasteiger partial charge in [-0.25, -0.2) is 0 Å². The molecule has 20 heavy (non-hydrogen) atoms. The molecule has 2 aromatic rings. The number of aromatic nitrogens is 1. The van der Waals surface area contributed by atoms with Crippen LogP contribution in [0.2, 0.25) is 0 Å². The maximum atomic E-state index is 12.3. The number of fused-ring (bicyclic) bond motifs is 1. The second-order valence-corrected chi connectivity index (χ2v) is 5.01. The monoisotopic (exact) mass is 296 g/mol. The van der Waals surface area contributed by atoms with E-state index >= 15 is 0 Å². The summed E-state index contributed by atoms with van der Waals surface area (Å²) in [5, 5.41) is 0.964. The zero-order chi connectivity index (χ0) is 14.0. The Morgan fingerprint density at radius 3 is 2.65 bits per heavy atom. The first-order valence-electron chi connectivity index (χ1n) is 6.34. The lowest BCUT2D eigenvalue weighted by molar-refractivity contribution is 0.0974. The van der Waals surface area contributed by atoms with Gasteiger partial charge in [-0.05, 0) is 32.3 Å². The summed E-state index contributed by atoms with van der Waals surface area (Å²) in [6, 6.07) is 5.82. The third-order valence-electron chi connectivity index (χ3n) is 3.28. The molecule has 0 N–H and O–H groups in total. The van der Waals surface area contributed by atoms with Gasteiger partial charge in [0, 0.05) is 42.7 Å². The molecular weight excluding hydrogens is 276 g/mol. The van der Waals surface area contributed by atoms with Crippen molar-refractivity contribution in [2.45, 2.75) is 6.42 Å². The number of halogens is 1. The van der Waals surface area contributed by atoms with Crippen molar-refractivity contribution >= 4 is 29.1 Å². The summed E-state index contributed by atoms with van der Waals surface area (Å²) in [4.78, 5) is 14.3. The zero-order valence-corrected chi connectivity index (χ0v) is 13.2. The Morgan fingerprint density at radius 1 is 1.35 bits per heavy atom. The number of hydrogen-bond acceptors (Lipinski definition) is 3. The minimum atomic E-state index is 0. The number of Topliss-reactive ketones (excluding diaryl/α,β-unsaturated/α-hetero) is 1. The van der Waals surface area contributed by atoms with Crippen LogP contribution in [0.3, 0.4) is 0 Å². The molecule has 0 atom stereocenters. The molecule has 110 valence electrons. The minimum Gasteiger partial charge on any atom is -0.497 e. The molecule has 1 heterocycles. The largest absolute Gasteiger partial charge is 0.497 e. The van der Waals surface area contributed by atoms with E-state index in [4.69, 9.17) is 4.74 Å². The van der Waals surface area contributed by atoms with Gasteiger partial charge in [0.1, 0.15) is 5.75 Å². The van der Waals surface area contributed by atoms with Gasteiger partial charge in [-0.1, -0.05) is 0 Å². The van der Waals surface area contributed by atoms with E-state index in [9.17, 15) is 4.79 Å². The first-order valence-corrected chi connectivity index (χ1v) is 6.34. The van der Waals surface area contributed by atoms with E-state index < -0.39 is 0 Å². The van der Waals surface area contributed by atoms with Gasteiger partial charge in [0.25, 0.3) is 0 Å². The van der Waals surface area contributed by atoms with E-state index in [1.807, 2.05) is 55.0 Å². The maximum absolute atomic E-state index is 12.3. The number of rotatable bonds is 5. The highest BCUT2D eigenvalue weighted by molar-refractivity contribution is 6.08. The van der Waals surface area contributed by atoms with Gasteiger partial charge >= 0.3 is 0 Å². The average Bonchev–Trinajstić information content (AvgIpc) is 2.73. The number of ether oxygens (including phenoxy) is 1. The van der Waals surface area contributed by atoms with Crippen LogP contribution in [0.15, 0.2) is 24.4 Å². The second-order valence-electron chi connectivity index (χ2n) is 5.01. The molecule has 0 saturated carbocycles. The lowest BCUT2D eigenvalue weighted by atomic mass is 10.1. The van der Waals surface area contributed by atoms with Crippen molar-refractivity contribution in [1.29, 1.82) is 0 Å². The molecular formula is C15H21ClN2O2. The molecule has 0 fully saturated rings. The molecule has 1 aromatic heterocycles. The molecule has 0 unspecified atom stereocenters. The summed E-state index contributed by atoms with van der Waals surface area (Å²) in [5.41, 5.74) is 1.83. The van der Waals surface area contributed by atoms with Crippen LogP contribution in [0.25, 0.3) is 10.9 Å². The van der Waals surface area contributed by atoms with Crippen LogP contribution in [-0.4, -0.2) is 43.0 Å². The van der Waals surface area contributed by atoms with Gasteiger partial charge in [-0.3, -0.25) is 4.79 Å². The Morgan fingerprint density at radius 2 is 2.05 bits per heavy atom. The maximum Gasteiger partial charge on any atom is 0.166 e. The fourth-order valence-electron chi connectivity index (χ4n) is 2.18. The Balaban J connectivity index is 0.00000200. The van der Waals surface area contributed by atoms with Crippen LogP contribution >= 0.6 is 12.4 Å². The molecule has 0 amide bonds. The van der Waals surface area contributed by atoms with E-state index in [2.05, 4.69) is 0 Å². The number of carbonyl (C=O) groups is 1. The van der Waals surface area contributed by atoms with E-state index in [0.29, 0.717) is 6.42 Å². The quantitative estimate of drug-likeness (QED) is 0.796. The minimum absolute atomic E-state index is 0. The van der Waals surface area contributed by atoms with Gasteiger partial charge in [-0.2, -0.15) is 0 Å². The average molecular weight is 297 g/mol. The predicted molar refractivity (Wildman–Crippen MR) is 84.2 cm³/mol. The normalized spacial score (nSPS) is 10.7. The van der Waals surface area contributed by atoms with Gasteiger partial charge in [0.05, 0.1) is 7.11 Å². The summed E-state index contributed by atoms with van der Waals surface area (Å²) in [6.45, 7) is 0.763. The van der Waals surface area contributed by atoms with Crippen LogP contribution in [0.1, 0.15) is 16.8 Å². The number of ketones is 1. The van der Waals surface area contributed by atoms with E-state index in [-0.39, 0.29) is 18.2 Å².